The number of ketones is 1. The first-order valence-corrected chi connectivity index (χ1v) is 12.2. The van der Waals surface area contributed by atoms with Crippen molar-refractivity contribution < 1.29 is 28.5 Å². The summed E-state index contributed by atoms with van der Waals surface area (Å²) >= 11 is 0. The van der Waals surface area contributed by atoms with E-state index in [-0.39, 0.29) is 29.5 Å². The van der Waals surface area contributed by atoms with E-state index in [9.17, 15) is 9.59 Å². The van der Waals surface area contributed by atoms with E-state index in [0.29, 0.717) is 43.4 Å². The lowest BCUT2D eigenvalue weighted by Crippen LogP contribution is -2.39. The number of nitrogens with zero attached hydrogens (tertiary/aromatic N) is 1. The molecule has 1 fully saturated rings. The molecule has 1 aromatic carbocycles. The second-order valence-corrected chi connectivity index (χ2v) is 8.89. The van der Waals surface area contributed by atoms with Crippen LogP contribution in [-0.2, 0) is 19.1 Å². The van der Waals surface area contributed by atoms with Crippen LogP contribution in [0.4, 0.5) is 0 Å². The number of ether oxygens (including phenoxy) is 4. The average Bonchev–Trinajstić information content (AvgIpc) is 3.11. The number of benzene rings is 1. The van der Waals surface area contributed by atoms with Crippen LogP contribution < -0.4 is 9.47 Å². The molecule has 0 N–H and O–H groups in total. The summed E-state index contributed by atoms with van der Waals surface area (Å²) in [6.07, 6.45) is 5.49. The number of carbonyl (C=O) groups is 2. The van der Waals surface area contributed by atoms with Crippen molar-refractivity contribution in [3.63, 3.8) is 0 Å². The maximum Gasteiger partial charge on any atom is 0.290 e. The van der Waals surface area contributed by atoms with Crippen molar-refractivity contribution in [3.05, 3.63) is 35.1 Å². The Balaban J connectivity index is 1.72. The van der Waals surface area contributed by atoms with Crippen LogP contribution in [0, 0.1) is 5.92 Å². The number of hydrogen-bond acceptors (Lipinski definition) is 6. The Labute approximate surface area is 196 Å². The van der Waals surface area contributed by atoms with E-state index in [1.807, 2.05) is 25.1 Å². The third-order valence-corrected chi connectivity index (χ3v) is 6.73. The van der Waals surface area contributed by atoms with Gasteiger partial charge >= 0.3 is 0 Å². The van der Waals surface area contributed by atoms with Crippen LogP contribution in [0.5, 0.6) is 11.5 Å². The zero-order valence-corrected chi connectivity index (χ0v) is 19.9. The number of hydrogen-bond donors (Lipinski definition) is 0. The van der Waals surface area contributed by atoms with Gasteiger partial charge in [0.15, 0.2) is 23.0 Å². The standard InChI is InChI=1S/C26H35NO6/c1-4-6-14-32-20-12-11-17(16-21(20)31-5-2)23-22-24(28)18-9-7-8-10-19(18)33-25(22)26(29)27(23)13-15-30-3/h11-12,16,18-19,23H,4-10,13-15H2,1-3H3. The molecule has 33 heavy (non-hydrogen) atoms. The molecule has 3 atom stereocenters. The minimum Gasteiger partial charge on any atom is -0.490 e. The normalized spacial score (nSPS) is 24.5. The summed E-state index contributed by atoms with van der Waals surface area (Å²) < 4.78 is 23.3. The fourth-order valence-corrected chi connectivity index (χ4v) is 5.07. The zero-order valence-electron chi connectivity index (χ0n) is 19.9. The monoisotopic (exact) mass is 457 g/mol. The fourth-order valence-electron chi connectivity index (χ4n) is 5.07. The first-order valence-electron chi connectivity index (χ1n) is 12.2. The summed E-state index contributed by atoms with van der Waals surface area (Å²) in [6, 6.07) is 5.20. The van der Waals surface area contributed by atoms with Gasteiger partial charge in [-0.25, -0.2) is 0 Å². The van der Waals surface area contributed by atoms with Gasteiger partial charge in [-0.2, -0.15) is 0 Å². The van der Waals surface area contributed by atoms with Crippen molar-refractivity contribution in [1.82, 2.24) is 4.90 Å². The highest BCUT2D eigenvalue weighted by molar-refractivity contribution is 6.11. The molecule has 3 unspecified atom stereocenters. The molecule has 0 radical (unpaired) electrons. The van der Waals surface area contributed by atoms with Gasteiger partial charge in [0.1, 0.15) is 6.10 Å². The first-order chi connectivity index (χ1) is 16.1. The van der Waals surface area contributed by atoms with Crippen molar-refractivity contribution in [3.8, 4) is 11.5 Å². The number of carbonyl (C=O) groups excluding carboxylic acids is 2. The van der Waals surface area contributed by atoms with Crippen molar-refractivity contribution >= 4 is 11.7 Å². The van der Waals surface area contributed by atoms with E-state index in [1.54, 1.807) is 12.0 Å². The van der Waals surface area contributed by atoms with Gasteiger partial charge in [0.05, 0.1) is 37.4 Å². The predicted molar refractivity (Wildman–Crippen MR) is 123 cm³/mol. The Morgan fingerprint density at radius 2 is 1.88 bits per heavy atom. The smallest absolute Gasteiger partial charge is 0.290 e. The second-order valence-electron chi connectivity index (χ2n) is 8.89. The number of rotatable bonds is 10. The maximum atomic E-state index is 13.6. The molecular formula is C26H35NO6. The van der Waals surface area contributed by atoms with Gasteiger partial charge in [-0.1, -0.05) is 25.8 Å². The molecule has 0 aromatic heterocycles. The summed E-state index contributed by atoms with van der Waals surface area (Å²) in [5, 5.41) is 0. The molecule has 1 amide bonds. The Morgan fingerprint density at radius 1 is 1.06 bits per heavy atom. The van der Waals surface area contributed by atoms with E-state index < -0.39 is 6.04 Å². The minimum absolute atomic E-state index is 0.0560. The van der Waals surface area contributed by atoms with Gasteiger partial charge in [-0.3, -0.25) is 9.59 Å². The lowest BCUT2D eigenvalue weighted by Gasteiger charge is -2.35. The summed E-state index contributed by atoms with van der Waals surface area (Å²) in [4.78, 5) is 28.7. The number of Topliss-reactive ketones (excluding diaryl/α,β-unsaturated/α-hetero) is 1. The molecule has 4 rings (SSSR count). The molecule has 0 saturated heterocycles. The van der Waals surface area contributed by atoms with E-state index in [4.69, 9.17) is 18.9 Å². The molecular weight excluding hydrogens is 422 g/mol. The van der Waals surface area contributed by atoms with Crippen LogP contribution in [0.2, 0.25) is 0 Å². The highest BCUT2D eigenvalue weighted by Gasteiger charge is 2.51. The summed E-state index contributed by atoms with van der Waals surface area (Å²) in [6.45, 7) is 5.90. The quantitative estimate of drug-likeness (QED) is 0.490. The average molecular weight is 458 g/mol. The van der Waals surface area contributed by atoms with Gasteiger partial charge < -0.3 is 23.8 Å². The van der Waals surface area contributed by atoms with Crippen LogP contribution >= 0.6 is 0 Å². The Morgan fingerprint density at radius 3 is 2.64 bits per heavy atom. The highest BCUT2D eigenvalue weighted by atomic mass is 16.5. The molecule has 2 heterocycles. The van der Waals surface area contributed by atoms with Gasteiger partial charge in [0.2, 0.25) is 0 Å². The van der Waals surface area contributed by atoms with E-state index in [2.05, 4.69) is 6.92 Å². The maximum absolute atomic E-state index is 13.6. The number of methoxy groups -OCH3 is 1. The van der Waals surface area contributed by atoms with Crippen molar-refractivity contribution in [2.24, 2.45) is 5.92 Å². The summed E-state index contributed by atoms with van der Waals surface area (Å²) in [5.41, 5.74) is 1.31. The van der Waals surface area contributed by atoms with Gasteiger partial charge in [-0.15, -0.1) is 0 Å². The third kappa shape index (κ3) is 4.60. The third-order valence-electron chi connectivity index (χ3n) is 6.73. The van der Waals surface area contributed by atoms with Crippen LogP contribution in [0.1, 0.15) is 64.0 Å². The lowest BCUT2D eigenvalue weighted by atomic mass is 9.77. The van der Waals surface area contributed by atoms with Crippen molar-refractivity contribution in [2.45, 2.75) is 64.5 Å². The van der Waals surface area contributed by atoms with Crippen LogP contribution in [0.15, 0.2) is 29.5 Å². The largest absolute Gasteiger partial charge is 0.490 e. The SMILES string of the molecule is CCCCOc1ccc(C2C3=C(OC4CCCCC4C3=O)C(=O)N2CCOC)cc1OCC. The molecule has 2 aliphatic heterocycles. The number of fused-ring (bicyclic) bond motifs is 1. The summed E-state index contributed by atoms with van der Waals surface area (Å²) in [5.74, 6) is 1.18. The molecule has 1 saturated carbocycles. The summed E-state index contributed by atoms with van der Waals surface area (Å²) in [7, 11) is 1.61. The molecule has 7 nitrogen and oxygen atoms in total. The topological polar surface area (TPSA) is 74.3 Å². The van der Waals surface area contributed by atoms with Crippen LogP contribution in [0.3, 0.4) is 0 Å². The van der Waals surface area contributed by atoms with Crippen LogP contribution in [-0.4, -0.2) is 56.2 Å². The molecule has 1 aromatic rings. The second kappa shape index (κ2) is 10.6. The minimum atomic E-state index is -0.512. The number of unbranched alkanes of at least 4 members (excludes halogenated alkanes) is 1. The number of amides is 1. The van der Waals surface area contributed by atoms with Crippen LogP contribution in [0.25, 0.3) is 0 Å². The first kappa shape index (κ1) is 23.6. The van der Waals surface area contributed by atoms with Crippen molar-refractivity contribution in [2.75, 3.05) is 33.5 Å². The molecule has 3 aliphatic rings. The van der Waals surface area contributed by atoms with Gasteiger partial charge in [0.25, 0.3) is 5.91 Å². The molecule has 0 bridgehead atoms. The van der Waals surface area contributed by atoms with E-state index in [0.717, 1.165) is 44.1 Å². The lowest BCUT2D eigenvalue weighted by molar-refractivity contribution is -0.135. The zero-order chi connectivity index (χ0) is 23.4. The molecule has 7 heteroatoms. The fraction of sp³-hybridized carbons (Fsp3) is 0.615. The van der Waals surface area contributed by atoms with Gasteiger partial charge in [-0.05, 0) is 50.3 Å². The molecule has 0 spiro atoms. The molecule has 180 valence electrons. The van der Waals surface area contributed by atoms with E-state index in [1.165, 1.54) is 0 Å². The molecule has 1 aliphatic carbocycles. The Bertz CT molecular complexity index is 910. The Kier molecular flexibility index (Phi) is 7.58. The van der Waals surface area contributed by atoms with Gasteiger partial charge in [0, 0.05) is 13.7 Å². The predicted octanol–water partition coefficient (Wildman–Crippen LogP) is 4.21. The Hall–Kier alpha value is -2.54. The van der Waals surface area contributed by atoms with E-state index >= 15 is 0 Å². The highest BCUT2D eigenvalue weighted by Crippen LogP contribution is 2.47. The van der Waals surface area contributed by atoms with Crippen molar-refractivity contribution in [1.29, 1.82) is 0 Å².